The summed E-state index contributed by atoms with van der Waals surface area (Å²) in [5, 5.41) is 0. The minimum Gasteiger partial charge on any atom is -0.301 e. The van der Waals surface area contributed by atoms with Gasteiger partial charge in [0.15, 0.2) is 11.6 Å². The maximum atomic E-state index is 5.06. The molecule has 0 bridgehead atoms. The zero-order chi connectivity index (χ0) is 20.9. The van der Waals surface area contributed by atoms with E-state index in [2.05, 4.69) is 78.2 Å². The van der Waals surface area contributed by atoms with Crippen LogP contribution in [0.15, 0.2) is 78.9 Å². The Labute approximate surface area is 177 Å². The average Bonchev–Trinajstić information content (AvgIpc) is 3.25. The standard InChI is InChI=1S/C24H20N4.C2H6/c1-24(2)17-12-6-9-15-20(17)28-22-21(25-18-13-7-8-14-19(18)26-22)27(23(24)28)16-10-4-3-5-11-16;1-2/h3-15,23H,1-2H3;1-2H3. The van der Waals surface area contributed by atoms with Crippen LogP contribution in [0.25, 0.3) is 11.0 Å². The number of benzene rings is 3. The predicted molar refractivity (Wildman–Crippen MR) is 125 cm³/mol. The van der Waals surface area contributed by atoms with E-state index in [-0.39, 0.29) is 11.6 Å². The van der Waals surface area contributed by atoms with Gasteiger partial charge < -0.3 is 9.80 Å². The monoisotopic (exact) mass is 394 g/mol. The first kappa shape index (κ1) is 18.6. The second kappa shape index (κ2) is 6.84. The van der Waals surface area contributed by atoms with E-state index in [0.717, 1.165) is 28.4 Å². The molecule has 4 heteroatoms. The predicted octanol–water partition coefficient (Wildman–Crippen LogP) is 6.56. The van der Waals surface area contributed by atoms with Crippen LogP contribution in [0, 0.1) is 0 Å². The summed E-state index contributed by atoms with van der Waals surface area (Å²) in [7, 11) is 0. The number of nitrogens with zero attached hydrogens (tertiary/aromatic N) is 4. The molecule has 1 aromatic heterocycles. The van der Waals surface area contributed by atoms with Crippen molar-refractivity contribution in [3.8, 4) is 0 Å². The molecule has 3 aromatic carbocycles. The summed E-state index contributed by atoms with van der Waals surface area (Å²) in [5.74, 6) is 1.86. The zero-order valence-electron chi connectivity index (χ0n) is 17.9. The molecule has 0 radical (unpaired) electrons. The van der Waals surface area contributed by atoms with Gasteiger partial charge in [-0.3, -0.25) is 0 Å². The van der Waals surface area contributed by atoms with Crippen molar-refractivity contribution in [3.05, 3.63) is 84.4 Å². The van der Waals surface area contributed by atoms with E-state index in [4.69, 9.17) is 9.97 Å². The lowest BCUT2D eigenvalue weighted by molar-refractivity contribution is 0.449. The number of para-hydroxylation sites is 4. The van der Waals surface area contributed by atoms with Gasteiger partial charge in [0.25, 0.3) is 0 Å². The van der Waals surface area contributed by atoms with Gasteiger partial charge in [0, 0.05) is 16.8 Å². The molecule has 30 heavy (non-hydrogen) atoms. The highest BCUT2D eigenvalue weighted by atomic mass is 15.5. The topological polar surface area (TPSA) is 32.3 Å². The Morgan fingerprint density at radius 2 is 1.20 bits per heavy atom. The van der Waals surface area contributed by atoms with Crippen LogP contribution in [-0.4, -0.2) is 16.1 Å². The summed E-state index contributed by atoms with van der Waals surface area (Å²) in [6.07, 6.45) is 0.0964. The maximum absolute atomic E-state index is 5.06. The Bertz CT molecular complexity index is 1180. The number of aromatic nitrogens is 2. The number of hydrogen-bond donors (Lipinski definition) is 0. The van der Waals surface area contributed by atoms with Gasteiger partial charge in [0.1, 0.15) is 6.17 Å². The van der Waals surface area contributed by atoms with Crippen molar-refractivity contribution in [2.45, 2.75) is 39.3 Å². The highest BCUT2D eigenvalue weighted by Gasteiger charge is 2.54. The summed E-state index contributed by atoms with van der Waals surface area (Å²) in [5.41, 5.74) is 5.48. The van der Waals surface area contributed by atoms with Crippen molar-refractivity contribution in [1.82, 2.24) is 9.97 Å². The molecule has 2 aliphatic rings. The van der Waals surface area contributed by atoms with E-state index < -0.39 is 0 Å². The molecule has 0 aliphatic carbocycles. The molecule has 0 fully saturated rings. The maximum Gasteiger partial charge on any atom is 0.179 e. The van der Waals surface area contributed by atoms with Crippen LogP contribution in [0.2, 0.25) is 0 Å². The summed E-state index contributed by atoms with van der Waals surface area (Å²) < 4.78 is 0. The molecule has 4 nitrogen and oxygen atoms in total. The van der Waals surface area contributed by atoms with Crippen LogP contribution in [0.3, 0.4) is 0 Å². The van der Waals surface area contributed by atoms with Crippen LogP contribution in [0.4, 0.5) is 23.0 Å². The van der Waals surface area contributed by atoms with Gasteiger partial charge in [-0.1, -0.05) is 76.2 Å². The number of anilines is 4. The first-order valence-corrected chi connectivity index (χ1v) is 10.7. The lowest BCUT2D eigenvalue weighted by Crippen LogP contribution is -2.46. The number of hydrogen-bond acceptors (Lipinski definition) is 4. The van der Waals surface area contributed by atoms with Crippen molar-refractivity contribution >= 4 is 34.0 Å². The summed E-state index contributed by atoms with van der Waals surface area (Å²) in [6.45, 7) is 8.63. The van der Waals surface area contributed by atoms with Gasteiger partial charge in [0.2, 0.25) is 0 Å². The van der Waals surface area contributed by atoms with Crippen LogP contribution < -0.4 is 9.80 Å². The summed E-state index contributed by atoms with van der Waals surface area (Å²) >= 11 is 0. The van der Waals surface area contributed by atoms with E-state index in [1.54, 1.807) is 0 Å². The second-order valence-electron chi connectivity index (χ2n) is 8.05. The van der Waals surface area contributed by atoms with E-state index >= 15 is 0 Å². The first-order valence-electron chi connectivity index (χ1n) is 10.7. The molecule has 0 saturated heterocycles. The summed E-state index contributed by atoms with van der Waals surface area (Å²) in [6, 6.07) is 27.3. The molecular formula is C26H26N4. The lowest BCUT2D eigenvalue weighted by Gasteiger charge is -2.36. The van der Waals surface area contributed by atoms with Crippen molar-refractivity contribution in [1.29, 1.82) is 0 Å². The Morgan fingerprint density at radius 1 is 0.667 bits per heavy atom. The fourth-order valence-electron chi connectivity index (χ4n) is 4.76. The first-order chi connectivity index (χ1) is 14.7. The Kier molecular flexibility index (Phi) is 4.24. The minimum absolute atomic E-state index is 0.0823. The Balaban J connectivity index is 0.000000937. The van der Waals surface area contributed by atoms with E-state index in [9.17, 15) is 0 Å². The molecule has 6 rings (SSSR count). The molecule has 150 valence electrons. The Hall–Kier alpha value is -3.40. The third-order valence-corrected chi connectivity index (χ3v) is 6.02. The fraction of sp³-hybridized carbons (Fsp3) is 0.231. The van der Waals surface area contributed by atoms with Crippen LogP contribution in [-0.2, 0) is 5.41 Å². The van der Waals surface area contributed by atoms with Gasteiger partial charge in [0.05, 0.1) is 11.0 Å². The van der Waals surface area contributed by atoms with Gasteiger partial charge in [-0.25, -0.2) is 9.97 Å². The van der Waals surface area contributed by atoms with E-state index in [1.165, 1.54) is 11.3 Å². The average molecular weight is 395 g/mol. The molecule has 0 amide bonds. The minimum atomic E-state index is -0.0823. The van der Waals surface area contributed by atoms with Gasteiger partial charge in [-0.2, -0.15) is 0 Å². The quantitative estimate of drug-likeness (QED) is 0.366. The molecule has 1 atom stereocenters. The summed E-state index contributed by atoms with van der Waals surface area (Å²) in [4.78, 5) is 14.8. The molecule has 2 aliphatic heterocycles. The highest BCUT2D eigenvalue weighted by molar-refractivity contribution is 5.92. The molecule has 0 N–H and O–H groups in total. The van der Waals surface area contributed by atoms with E-state index in [0.29, 0.717) is 0 Å². The largest absolute Gasteiger partial charge is 0.301 e. The van der Waals surface area contributed by atoms with E-state index in [1.807, 2.05) is 38.1 Å². The SMILES string of the molecule is CC.CC1(C)c2ccccc2N2c3nc4ccccc4nc3N(c3ccccc3)C21. The number of rotatable bonds is 1. The molecule has 4 aromatic rings. The normalized spacial score (nSPS) is 17.8. The van der Waals surface area contributed by atoms with Gasteiger partial charge in [-0.15, -0.1) is 0 Å². The van der Waals surface area contributed by atoms with Crippen molar-refractivity contribution in [2.24, 2.45) is 0 Å². The zero-order valence-corrected chi connectivity index (χ0v) is 17.9. The molecular weight excluding hydrogens is 368 g/mol. The van der Waals surface area contributed by atoms with Crippen molar-refractivity contribution in [2.75, 3.05) is 9.80 Å². The second-order valence-corrected chi connectivity index (χ2v) is 8.05. The molecule has 0 saturated carbocycles. The van der Waals surface area contributed by atoms with Crippen LogP contribution in [0.1, 0.15) is 33.3 Å². The smallest absolute Gasteiger partial charge is 0.179 e. The molecule has 0 spiro atoms. The van der Waals surface area contributed by atoms with Gasteiger partial charge in [-0.05, 0) is 35.9 Å². The highest BCUT2D eigenvalue weighted by Crippen LogP contribution is 2.57. The lowest BCUT2D eigenvalue weighted by atomic mass is 9.83. The third-order valence-electron chi connectivity index (χ3n) is 6.02. The third kappa shape index (κ3) is 2.46. The van der Waals surface area contributed by atoms with Crippen LogP contribution in [0.5, 0.6) is 0 Å². The molecule has 3 heterocycles. The molecule has 1 unspecified atom stereocenters. The fourth-order valence-corrected chi connectivity index (χ4v) is 4.76. The Morgan fingerprint density at radius 3 is 1.87 bits per heavy atom. The van der Waals surface area contributed by atoms with Crippen LogP contribution >= 0.6 is 0 Å². The van der Waals surface area contributed by atoms with Crippen molar-refractivity contribution in [3.63, 3.8) is 0 Å². The van der Waals surface area contributed by atoms with Crippen molar-refractivity contribution < 1.29 is 0 Å². The van der Waals surface area contributed by atoms with Gasteiger partial charge >= 0.3 is 0 Å². The number of fused-ring (bicyclic) bond motifs is 6.